The molecule has 0 atom stereocenters. The van der Waals surface area contributed by atoms with Crippen molar-refractivity contribution >= 4 is 23.5 Å². The van der Waals surface area contributed by atoms with E-state index in [0.29, 0.717) is 17.7 Å². The lowest BCUT2D eigenvalue weighted by Crippen LogP contribution is -2.34. The summed E-state index contributed by atoms with van der Waals surface area (Å²) in [6.07, 6.45) is 2.26. The van der Waals surface area contributed by atoms with E-state index in [-0.39, 0.29) is 37.5 Å². The Balaban J connectivity index is 1.77. The highest BCUT2D eigenvalue weighted by molar-refractivity contribution is 5.97. The summed E-state index contributed by atoms with van der Waals surface area (Å²) in [5.74, 6) is -1.46. The van der Waals surface area contributed by atoms with Crippen molar-refractivity contribution < 1.29 is 24.2 Å². The molecule has 0 spiro atoms. The highest BCUT2D eigenvalue weighted by Gasteiger charge is 2.15. The zero-order chi connectivity index (χ0) is 18.8. The van der Waals surface area contributed by atoms with Gasteiger partial charge in [-0.3, -0.25) is 14.4 Å². The minimum atomic E-state index is -0.893. The van der Waals surface area contributed by atoms with Gasteiger partial charge in [0.25, 0.3) is 5.91 Å². The van der Waals surface area contributed by atoms with Crippen molar-refractivity contribution in [2.75, 3.05) is 31.6 Å². The van der Waals surface area contributed by atoms with E-state index >= 15 is 0 Å². The molecule has 2 rings (SSSR count). The number of ether oxygens (including phenoxy) is 1. The maximum absolute atomic E-state index is 12.1. The average Bonchev–Trinajstić information content (AvgIpc) is 2.64. The highest BCUT2D eigenvalue weighted by atomic mass is 16.5. The molecule has 26 heavy (non-hydrogen) atoms. The van der Waals surface area contributed by atoms with E-state index in [4.69, 9.17) is 9.84 Å². The van der Waals surface area contributed by atoms with Crippen LogP contribution in [0.3, 0.4) is 0 Å². The summed E-state index contributed by atoms with van der Waals surface area (Å²) in [5.41, 5.74) is 0.916. The van der Waals surface area contributed by atoms with E-state index in [0.717, 1.165) is 25.9 Å². The molecule has 8 nitrogen and oxygen atoms in total. The number of anilines is 1. The fourth-order valence-electron chi connectivity index (χ4n) is 2.63. The molecule has 1 aromatic carbocycles. The van der Waals surface area contributed by atoms with Gasteiger partial charge < -0.3 is 25.8 Å². The minimum Gasteiger partial charge on any atom is -0.481 e. The maximum atomic E-state index is 12.1. The number of hydrogen-bond acceptors (Lipinski definition) is 5. The third-order valence-corrected chi connectivity index (χ3v) is 4.00. The SMILES string of the molecule is O=C(O)CCCNC(=O)c1cccc(NC(=O)COC2CCNCC2)c1. The number of carbonyl (C=O) groups is 3. The number of benzene rings is 1. The molecule has 0 bridgehead atoms. The monoisotopic (exact) mass is 363 g/mol. The summed E-state index contributed by atoms with van der Waals surface area (Å²) in [7, 11) is 0. The van der Waals surface area contributed by atoms with E-state index in [1.807, 2.05) is 0 Å². The van der Waals surface area contributed by atoms with Crippen LogP contribution in [0.2, 0.25) is 0 Å². The fraction of sp³-hybridized carbons (Fsp3) is 0.500. The second kappa shape index (κ2) is 10.5. The molecule has 1 aliphatic rings. The summed E-state index contributed by atoms with van der Waals surface area (Å²) in [4.78, 5) is 34.5. The Labute approximate surface area is 152 Å². The van der Waals surface area contributed by atoms with Gasteiger partial charge in [0.1, 0.15) is 6.61 Å². The summed E-state index contributed by atoms with van der Waals surface area (Å²) < 4.78 is 5.60. The zero-order valence-corrected chi connectivity index (χ0v) is 14.6. The first-order valence-corrected chi connectivity index (χ1v) is 8.77. The van der Waals surface area contributed by atoms with Crippen LogP contribution in [-0.2, 0) is 14.3 Å². The largest absolute Gasteiger partial charge is 0.481 e. The molecule has 4 N–H and O–H groups in total. The Hall–Kier alpha value is -2.45. The molecule has 1 fully saturated rings. The number of carboxylic acid groups (broad SMARTS) is 1. The van der Waals surface area contributed by atoms with Crippen LogP contribution >= 0.6 is 0 Å². The quantitative estimate of drug-likeness (QED) is 0.486. The number of aliphatic carboxylic acids is 1. The molecule has 2 amide bonds. The molecule has 1 aromatic rings. The van der Waals surface area contributed by atoms with Crippen LogP contribution in [0, 0.1) is 0 Å². The van der Waals surface area contributed by atoms with E-state index in [1.165, 1.54) is 0 Å². The van der Waals surface area contributed by atoms with Crippen LogP contribution < -0.4 is 16.0 Å². The third kappa shape index (κ3) is 7.20. The normalized spacial score (nSPS) is 14.6. The van der Waals surface area contributed by atoms with E-state index < -0.39 is 5.97 Å². The van der Waals surface area contributed by atoms with E-state index in [9.17, 15) is 14.4 Å². The van der Waals surface area contributed by atoms with Gasteiger partial charge in [-0.15, -0.1) is 0 Å². The van der Waals surface area contributed by atoms with Crippen molar-refractivity contribution in [3.05, 3.63) is 29.8 Å². The first-order chi connectivity index (χ1) is 12.5. The number of rotatable bonds is 9. The van der Waals surface area contributed by atoms with E-state index in [2.05, 4.69) is 16.0 Å². The molecular formula is C18H25N3O5. The molecule has 1 heterocycles. The van der Waals surface area contributed by atoms with Gasteiger partial charge in [0.05, 0.1) is 6.10 Å². The van der Waals surface area contributed by atoms with Gasteiger partial charge in [0.15, 0.2) is 0 Å². The Kier molecular flexibility index (Phi) is 8.04. The van der Waals surface area contributed by atoms with E-state index in [1.54, 1.807) is 24.3 Å². The summed E-state index contributed by atoms with van der Waals surface area (Å²) in [5, 5.41) is 17.2. The van der Waals surface area contributed by atoms with Crippen LogP contribution in [0.4, 0.5) is 5.69 Å². The Morgan fingerprint density at radius 3 is 2.73 bits per heavy atom. The van der Waals surface area contributed by atoms with Crippen LogP contribution in [-0.4, -0.2) is 55.2 Å². The standard InChI is InChI=1S/C18H25N3O5/c22-16(12-26-15-6-9-19-10-7-15)21-14-4-1-3-13(11-14)18(25)20-8-2-5-17(23)24/h1,3-4,11,15,19H,2,5-10,12H2,(H,20,25)(H,21,22)(H,23,24). The lowest BCUT2D eigenvalue weighted by atomic mass is 10.1. The molecule has 0 unspecified atom stereocenters. The summed E-state index contributed by atoms with van der Waals surface area (Å²) >= 11 is 0. The van der Waals surface area contributed by atoms with Crippen LogP contribution in [0.15, 0.2) is 24.3 Å². The number of nitrogens with one attached hydrogen (secondary N) is 3. The van der Waals surface area contributed by atoms with Gasteiger partial charge in [-0.2, -0.15) is 0 Å². The molecule has 0 aromatic heterocycles. The molecule has 0 saturated carbocycles. The van der Waals surface area contributed by atoms with Gasteiger partial charge in [-0.25, -0.2) is 0 Å². The number of carbonyl (C=O) groups excluding carboxylic acids is 2. The molecule has 1 aliphatic heterocycles. The van der Waals surface area contributed by atoms with Crippen molar-refractivity contribution in [2.24, 2.45) is 0 Å². The third-order valence-electron chi connectivity index (χ3n) is 4.00. The van der Waals surface area contributed by atoms with Gasteiger partial charge in [0.2, 0.25) is 5.91 Å². The maximum Gasteiger partial charge on any atom is 0.303 e. The van der Waals surface area contributed by atoms with Crippen molar-refractivity contribution in [1.82, 2.24) is 10.6 Å². The van der Waals surface area contributed by atoms with Gasteiger partial charge in [0, 0.05) is 24.2 Å². The molecule has 8 heteroatoms. The van der Waals surface area contributed by atoms with Gasteiger partial charge >= 0.3 is 5.97 Å². The number of carboxylic acids is 1. The predicted molar refractivity (Wildman–Crippen MR) is 96.1 cm³/mol. The Bertz CT molecular complexity index is 629. The van der Waals surface area contributed by atoms with Crippen molar-refractivity contribution in [2.45, 2.75) is 31.8 Å². The zero-order valence-electron chi connectivity index (χ0n) is 14.6. The lowest BCUT2D eigenvalue weighted by Gasteiger charge is -2.22. The molecule has 1 saturated heterocycles. The molecule has 0 radical (unpaired) electrons. The number of amides is 2. The van der Waals surface area contributed by atoms with Gasteiger partial charge in [-0.1, -0.05) is 6.07 Å². The van der Waals surface area contributed by atoms with Crippen molar-refractivity contribution in [1.29, 1.82) is 0 Å². The second-order valence-electron chi connectivity index (χ2n) is 6.14. The Morgan fingerprint density at radius 1 is 1.23 bits per heavy atom. The summed E-state index contributed by atoms with van der Waals surface area (Å²) in [6, 6.07) is 6.59. The molecule has 142 valence electrons. The lowest BCUT2D eigenvalue weighted by molar-refractivity contribution is -0.137. The number of hydrogen-bond donors (Lipinski definition) is 4. The van der Waals surface area contributed by atoms with Crippen LogP contribution in [0.25, 0.3) is 0 Å². The minimum absolute atomic E-state index is 0.00737. The van der Waals surface area contributed by atoms with Crippen LogP contribution in [0.5, 0.6) is 0 Å². The second-order valence-corrected chi connectivity index (χ2v) is 6.14. The smallest absolute Gasteiger partial charge is 0.303 e. The topological polar surface area (TPSA) is 117 Å². The predicted octanol–water partition coefficient (Wildman–Crippen LogP) is 0.988. The average molecular weight is 363 g/mol. The van der Waals surface area contributed by atoms with Crippen molar-refractivity contribution in [3.63, 3.8) is 0 Å². The molecule has 0 aliphatic carbocycles. The first kappa shape index (κ1) is 19.9. The number of piperidine rings is 1. The first-order valence-electron chi connectivity index (χ1n) is 8.77. The Morgan fingerprint density at radius 2 is 2.00 bits per heavy atom. The van der Waals surface area contributed by atoms with Crippen LogP contribution in [0.1, 0.15) is 36.0 Å². The van der Waals surface area contributed by atoms with Crippen molar-refractivity contribution in [3.8, 4) is 0 Å². The summed E-state index contributed by atoms with van der Waals surface area (Å²) in [6.45, 7) is 2.06. The fourth-order valence-corrected chi connectivity index (χ4v) is 2.63. The highest BCUT2D eigenvalue weighted by Crippen LogP contribution is 2.12. The molecular weight excluding hydrogens is 338 g/mol. The van der Waals surface area contributed by atoms with Gasteiger partial charge in [-0.05, 0) is 50.6 Å².